The molecule has 0 aromatic heterocycles. The van der Waals surface area contributed by atoms with E-state index < -0.39 is 5.97 Å². The zero-order chi connectivity index (χ0) is 13.0. The van der Waals surface area contributed by atoms with E-state index >= 15 is 0 Å². The number of rotatable bonds is 6. The van der Waals surface area contributed by atoms with E-state index in [9.17, 15) is 9.59 Å². The first-order valence-electron chi connectivity index (χ1n) is 6.33. The minimum Gasteiger partial charge on any atom is -0.481 e. The molecular formula is C12H19NO5. The Morgan fingerprint density at radius 2 is 2.17 bits per heavy atom. The van der Waals surface area contributed by atoms with Crippen molar-refractivity contribution in [2.24, 2.45) is 5.92 Å². The van der Waals surface area contributed by atoms with Crippen LogP contribution >= 0.6 is 0 Å². The number of morpholine rings is 1. The van der Waals surface area contributed by atoms with Crippen molar-refractivity contribution >= 4 is 11.9 Å². The monoisotopic (exact) mass is 257 g/mol. The van der Waals surface area contributed by atoms with Crippen LogP contribution in [0.5, 0.6) is 0 Å². The van der Waals surface area contributed by atoms with E-state index in [0.717, 1.165) is 0 Å². The number of carboxylic acids is 1. The first kappa shape index (κ1) is 13.3. The lowest BCUT2D eigenvalue weighted by molar-refractivity contribution is -0.149. The molecule has 0 radical (unpaired) electrons. The van der Waals surface area contributed by atoms with Crippen LogP contribution in [0.15, 0.2) is 0 Å². The predicted molar refractivity (Wildman–Crippen MR) is 62.1 cm³/mol. The number of hydrogen-bond acceptors (Lipinski definition) is 4. The van der Waals surface area contributed by atoms with Gasteiger partial charge in [-0.1, -0.05) is 0 Å². The standard InChI is InChI=1S/C12H19NO5/c14-11(8-18-6-9-1-2-9)13-3-4-17-7-10(13)5-12(15)16/h9-10H,1-8H2,(H,15,16). The van der Waals surface area contributed by atoms with Gasteiger partial charge in [0, 0.05) is 6.54 Å². The molecule has 1 saturated heterocycles. The average molecular weight is 257 g/mol. The molecule has 1 aliphatic carbocycles. The van der Waals surface area contributed by atoms with Crippen molar-refractivity contribution in [2.75, 3.05) is 33.0 Å². The summed E-state index contributed by atoms with van der Waals surface area (Å²) in [6, 6.07) is -0.367. The molecule has 2 fully saturated rings. The van der Waals surface area contributed by atoms with Crippen LogP contribution in [-0.2, 0) is 19.1 Å². The minimum atomic E-state index is -0.915. The van der Waals surface area contributed by atoms with Crippen LogP contribution in [0.4, 0.5) is 0 Å². The molecule has 1 aliphatic heterocycles. The highest BCUT2D eigenvalue weighted by atomic mass is 16.5. The smallest absolute Gasteiger partial charge is 0.305 e. The van der Waals surface area contributed by atoms with Crippen molar-refractivity contribution in [3.63, 3.8) is 0 Å². The Hall–Kier alpha value is -1.14. The molecule has 0 aromatic carbocycles. The molecule has 6 heteroatoms. The van der Waals surface area contributed by atoms with Crippen LogP contribution in [0.2, 0.25) is 0 Å². The Morgan fingerprint density at radius 3 is 2.83 bits per heavy atom. The topological polar surface area (TPSA) is 76.1 Å². The van der Waals surface area contributed by atoms with Gasteiger partial charge in [0.15, 0.2) is 0 Å². The van der Waals surface area contributed by atoms with Gasteiger partial charge in [-0.05, 0) is 18.8 Å². The number of aliphatic carboxylic acids is 1. The summed E-state index contributed by atoms with van der Waals surface area (Å²) in [5.41, 5.74) is 0. The fourth-order valence-corrected chi connectivity index (χ4v) is 2.03. The van der Waals surface area contributed by atoms with Crippen LogP contribution in [0.1, 0.15) is 19.3 Å². The second-order valence-corrected chi connectivity index (χ2v) is 4.87. The third kappa shape index (κ3) is 3.96. The quantitative estimate of drug-likeness (QED) is 0.731. The molecule has 0 bridgehead atoms. The average Bonchev–Trinajstić information content (AvgIpc) is 3.13. The van der Waals surface area contributed by atoms with E-state index in [-0.39, 0.29) is 25.0 Å². The molecule has 6 nitrogen and oxygen atoms in total. The van der Waals surface area contributed by atoms with Gasteiger partial charge < -0.3 is 19.5 Å². The zero-order valence-corrected chi connectivity index (χ0v) is 10.3. The maximum atomic E-state index is 11.9. The maximum Gasteiger partial charge on any atom is 0.305 e. The minimum absolute atomic E-state index is 0.0482. The van der Waals surface area contributed by atoms with Gasteiger partial charge in [0.1, 0.15) is 6.61 Å². The van der Waals surface area contributed by atoms with Crippen LogP contribution in [0.3, 0.4) is 0 Å². The summed E-state index contributed by atoms with van der Waals surface area (Å²) in [4.78, 5) is 24.2. The van der Waals surface area contributed by atoms with E-state index in [4.69, 9.17) is 14.6 Å². The molecular weight excluding hydrogens is 238 g/mol. The summed E-state index contributed by atoms with van der Waals surface area (Å²) < 4.78 is 10.6. The fraction of sp³-hybridized carbons (Fsp3) is 0.833. The van der Waals surface area contributed by atoms with Crippen molar-refractivity contribution in [1.82, 2.24) is 4.90 Å². The normalized spacial score (nSPS) is 24.0. The number of hydrogen-bond donors (Lipinski definition) is 1. The molecule has 0 spiro atoms. The van der Waals surface area contributed by atoms with Crippen LogP contribution in [0, 0.1) is 5.92 Å². The Balaban J connectivity index is 1.78. The zero-order valence-electron chi connectivity index (χ0n) is 10.3. The van der Waals surface area contributed by atoms with Crippen molar-refractivity contribution < 1.29 is 24.2 Å². The third-order valence-electron chi connectivity index (χ3n) is 3.23. The Labute approximate surface area is 106 Å². The third-order valence-corrected chi connectivity index (χ3v) is 3.23. The second-order valence-electron chi connectivity index (χ2n) is 4.87. The number of carbonyl (C=O) groups excluding carboxylic acids is 1. The van der Waals surface area contributed by atoms with E-state index in [0.29, 0.717) is 32.3 Å². The SMILES string of the molecule is O=C(O)CC1COCCN1C(=O)COCC1CC1. The highest BCUT2D eigenvalue weighted by Gasteiger charge is 2.29. The van der Waals surface area contributed by atoms with Crippen molar-refractivity contribution in [3.05, 3.63) is 0 Å². The van der Waals surface area contributed by atoms with Gasteiger partial charge in [0.25, 0.3) is 0 Å². The summed E-state index contributed by atoms with van der Waals surface area (Å²) in [6.07, 6.45) is 2.30. The predicted octanol–water partition coefficient (Wildman–Crippen LogP) is 0.115. The van der Waals surface area contributed by atoms with Gasteiger partial charge in [-0.3, -0.25) is 9.59 Å². The molecule has 1 heterocycles. The van der Waals surface area contributed by atoms with E-state index in [2.05, 4.69) is 0 Å². The fourth-order valence-electron chi connectivity index (χ4n) is 2.03. The largest absolute Gasteiger partial charge is 0.481 e. The molecule has 1 amide bonds. The van der Waals surface area contributed by atoms with Crippen LogP contribution in [0.25, 0.3) is 0 Å². The van der Waals surface area contributed by atoms with Gasteiger partial charge in [-0.2, -0.15) is 0 Å². The highest BCUT2D eigenvalue weighted by Crippen LogP contribution is 2.28. The molecule has 2 aliphatic rings. The molecule has 1 saturated carbocycles. The van der Waals surface area contributed by atoms with Crippen LogP contribution < -0.4 is 0 Å². The lowest BCUT2D eigenvalue weighted by atomic mass is 10.1. The first-order chi connectivity index (χ1) is 8.66. The molecule has 1 unspecified atom stereocenters. The Morgan fingerprint density at radius 1 is 1.39 bits per heavy atom. The van der Waals surface area contributed by atoms with Gasteiger partial charge >= 0.3 is 5.97 Å². The van der Waals surface area contributed by atoms with Gasteiger partial charge in [-0.25, -0.2) is 0 Å². The number of carbonyl (C=O) groups is 2. The molecule has 1 N–H and O–H groups in total. The number of amides is 1. The van der Waals surface area contributed by atoms with Crippen molar-refractivity contribution in [1.29, 1.82) is 0 Å². The number of nitrogens with zero attached hydrogens (tertiary/aromatic N) is 1. The van der Waals surface area contributed by atoms with Gasteiger partial charge in [0.2, 0.25) is 5.91 Å². The Kier molecular flexibility index (Phi) is 4.54. The van der Waals surface area contributed by atoms with E-state index in [1.54, 1.807) is 4.90 Å². The number of ether oxygens (including phenoxy) is 2. The van der Waals surface area contributed by atoms with E-state index in [1.165, 1.54) is 12.8 Å². The second kappa shape index (κ2) is 6.15. The Bertz CT molecular complexity index is 316. The summed E-state index contributed by atoms with van der Waals surface area (Å²) in [5.74, 6) is -0.426. The van der Waals surface area contributed by atoms with E-state index in [1.807, 2.05) is 0 Å². The molecule has 0 aromatic rings. The summed E-state index contributed by atoms with van der Waals surface area (Å²) in [5, 5.41) is 8.80. The van der Waals surface area contributed by atoms with Crippen molar-refractivity contribution in [3.8, 4) is 0 Å². The molecule has 18 heavy (non-hydrogen) atoms. The molecule has 2 rings (SSSR count). The lowest BCUT2D eigenvalue weighted by Gasteiger charge is -2.34. The highest BCUT2D eigenvalue weighted by molar-refractivity contribution is 5.79. The summed E-state index contributed by atoms with van der Waals surface area (Å²) in [7, 11) is 0. The molecule has 102 valence electrons. The van der Waals surface area contributed by atoms with Crippen LogP contribution in [-0.4, -0.2) is 60.9 Å². The van der Waals surface area contributed by atoms with Crippen molar-refractivity contribution in [2.45, 2.75) is 25.3 Å². The summed E-state index contributed by atoms with van der Waals surface area (Å²) >= 11 is 0. The lowest BCUT2D eigenvalue weighted by Crippen LogP contribution is -2.50. The van der Waals surface area contributed by atoms with Gasteiger partial charge in [-0.15, -0.1) is 0 Å². The summed E-state index contributed by atoms with van der Waals surface area (Å²) in [6.45, 7) is 1.89. The molecule has 1 atom stereocenters. The van der Waals surface area contributed by atoms with Gasteiger partial charge in [0.05, 0.1) is 32.3 Å². The first-order valence-corrected chi connectivity index (χ1v) is 6.33. The number of carboxylic acid groups (broad SMARTS) is 1. The maximum absolute atomic E-state index is 11.9.